The van der Waals surface area contributed by atoms with Gasteiger partial charge in [-0.3, -0.25) is 9.13 Å². The summed E-state index contributed by atoms with van der Waals surface area (Å²) in [5.74, 6) is 1.73. The lowest BCUT2D eigenvalue weighted by molar-refractivity contribution is 0.288. The Hall–Kier alpha value is -7.37. The van der Waals surface area contributed by atoms with Gasteiger partial charge in [0, 0.05) is 32.5 Å². The maximum absolute atomic E-state index is 5.68. The molecule has 0 saturated heterocycles. The van der Waals surface area contributed by atoms with Gasteiger partial charge in [-0.25, -0.2) is 0 Å². The molecule has 0 bridgehead atoms. The topological polar surface area (TPSA) is 48.5 Å². The Morgan fingerprint density at radius 3 is 1.38 bits per heavy atom. The lowest BCUT2D eigenvalue weighted by Gasteiger charge is -2.50. The van der Waals surface area contributed by atoms with Crippen molar-refractivity contribution in [2.75, 3.05) is 0 Å². The molecule has 324 valence electrons. The summed E-state index contributed by atoms with van der Waals surface area (Å²) < 4.78 is 4.50. The third kappa shape index (κ3) is 6.47. The van der Waals surface area contributed by atoms with Crippen molar-refractivity contribution < 1.29 is 0 Å². The highest BCUT2D eigenvalue weighted by molar-refractivity contribution is 6.10. The van der Waals surface area contributed by atoms with E-state index in [2.05, 4.69) is 252 Å². The second-order valence-corrected chi connectivity index (χ2v) is 20.4. The van der Waals surface area contributed by atoms with Crippen LogP contribution in [0.1, 0.15) is 82.7 Å². The first-order valence-electron chi connectivity index (χ1n) is 23.3. The van der Waals surface area contributed by atoms with E-state index in [1.54, 1.807) is 0 Å². The molecule has 1 aliphatic carbocycles. The smallest absolute Gasteiger partial charge is 0.240 e. The second kappa shape index (κ2) is 15.4. The van der Waals surface area contributed by atoms with Gasteiger partial charge in [-0.15, -0.1) is 0 Å². The molecule has 1 atom stereocenters. The number of benzene rings is 7. The molecule has 5 heteroatoms. The maximum atomic E-state index is 5.68. The normalized spacial score (nSPS) is 15.7. The molecule has 1 aliphatic rings. The van der Waals surface area contributed by atoms with E-state index >= 15 is 0 Å². The van der Waals surface area contributed by atoms with Crippen molar-refractivity contribution in [3.05, 3.63) is 222 Å². The molecule has 0 fully saturated rings. The maximum Gasteiger partial charge on any atom is 0.240 e. The molecule has 7 aromatic carbocycles. The summed E-state index contributed by atoms with van der Waals surface area (Å²) in [6.45, 7) is 16.1. The van der Waals surface area contributed by atoms with Crippen molar-refractivity contribution in [1.29, 1.82) is 0 Å². The number of rotatable bonds is 7. The number of nitrogens with zero attached hydrogens (tertiary/aromatic N) is 5. The van der Waals surface area contributed by atoms with Crippen LogP contribution in [0.5, 0.6) is 0 Å². The summed E-state index contributed by atoms with van der Waals surface area (Å²) in [4.78, 5) is 16.9. The molecular formula is C61H55N5. The van der Waals surface area contributed by atoms with E-state index in [1.807, 2.05) is 0 Å². The Labute approximate surface area is 387 Å². The van der Waals surface area contributed by atoms with E-state index in [9.17, 15) is 0 Å². The monoisotopic (exact) mass is 857 g/mol. The molecule has 0 spiro atoms. The minimum atomic E-state index is -0.660. The Morgan fingerprint density at radius 1 is 0.439 bits per heavy atom. The molecule has 5 nitrogen and oxygen atoms in total. The SMILES string of the molecule is CC(C)(C)c1ccc2c(c1)c1cc(C(C)(C)C)ccc1n2-c1nc(-c2ccccc2C(c2ccccc2)(c2ccccc2)C2(C)C=CC=CC2)nc(-n2c3ccccc3c3ccccc32)n1. The molecular weight excluding hydrogens is 803 g/mol. The highest BCUT2D eigenvalue weighted by Crippen LogP contribution is 2.57. The van der Waals surface area contributed by atoms with Gasteiger partial charge in [0.05, 0.1) is 27.5 Å². The van der Waals surface area contributed by atoms with Crippen LogP contribution in [0.2, 0.25) is 0 Å². The van der Waals surface area contributed by atoms with E-state index < -0.39 is 5.41 Å². The van der Waals surface area contributed by atoms with Crippen LogP contribution >= 0.6 is 0 Å². The third-order valence-electron chi connectivity index (χ3n) is 14.2. The molecule has 3 heterocycles. The lowest BCUT2D eigenvalue weighted by Crippen LogP contribution is -2.45. The first-order chi connectivity index (χ1) is 31.9. The minimum absolute atomic E-state index is 0.0397. The van der Waals surface area contributed by atoms with E-state index in [-0.39, 0.29) is 16.2 Å². The van der Waals surface area contributed by atoms with E-state index in [0.29, 0.717) is 17.7 Å². The molecule has 0 radical (unpaired) electrons. The number of aromatic nitrogens is 5. The second-order valence-electron chi connectivity index (χ2n) is 20.4. The molecule has 0 N–H and O–H groups in total. The fraction of sp³-hybridized carbons (Fsp3) is 0.197. The molecule has 1 unspecified atom stereocenters. The third-order valence-corrected chi connectivity index (χ3v) is 14.2. The zero-order valence-electron chi connectivity index (χ0n) is 38.9. The zero-order valence-corrected chi connectivity index (χ0v) is 38.9. The fourth-order valence-electron chi connectivity index (χ4n) is 10.8. The summed E-state index contributed by atoms with van der Waals surface area (Å²) in [5, 5.41) is 4.66. The van der Waals surface area contributed by atoms with Crippen molar-refractivity contribution >= 4 is 43.6 Å². The van der Waals surface area contributed by atoms with Crippen molar-refractivity contribution in [2.24, 2.45) is 5.41 Å². The van der Waals surface area contributed by atoms with Gasteiger partial charge in [0.25, 0.3) is 0 Å². The Morgan fingerprint density at radius 2 is 0.894 bits per heavy atom. The summed E-state index contributed by atoms with van der Waals surface area (Å²) in [7, 11) is 0. The average molecular weight is 858 g/mol. The Bertz CT molecular complexity index is 3370. The summed E-state index contributed by atoms with van der Waals surface area (Å²) in [6.07, 6.45) is 9.94. The number of hydrogen-bond donors (Lipinski definition) is 0. The van der Waals surface area contributed by atoms with Gasteiger partial charge in [-0.1, -0.05) is 206 Å². The first-order valence-corrected chi connectivity index (χ1v) is 23.3. The number of para-hydroxylation sites is 2. The van der Waals surface area contributed by atoms with Crippen LogP contribution < -0.4 is 0 Å². The first kappa shape index (κ1) is 41.3. The van der Waals surface area contributed by atoms with Crippen LogP contribution in [0.3, 0.4) is 0 Å². The van der Waals surface area contributed by atoms with Gasteiger partial charge < -0.3 is 0 Å². The van der Waals surface area contributed by atoms with Crippen LogP contribution in [-0.2, 0) is 16.2 Å². The van der Waals surface area contributed by atoms with E-state index in [1.165, 1.54) is 33.0 Å². The summed E-state index contributed by atoms with van der Waals surface area (Å²) in [5.41, 5.74) is 10.1. The average Bonchev–Trinajstić information content (AvgIpc) is 3.84. The van der Waals surface area contributed by atoms with Crippen LogP contribution in [-0.4, -0.2) is 24.1 Å². The quantitative estimate of drug-likeness (QED) is 0.150. The molecule has 66 heavy (non-hydrogen) atoms. The highest BCUT2D eigenvalue weighted by atomic mass is 15.3. The van der Waals surface area contributed by atoms with Gasteiger partial charge in [0.1, 0.15) is 0 Å². The fourth-order valence-corrected chi connectivity index (χ4v) is 10.8. The van der Waals surface area contributed by atoms with Gasteiger partial charge >= 0.3 is 0 Å². The van der Waals surface area contributed by atoms with Crippen molar-refractivity contribution in [1.82, 2.24) is 24.1 Å². The molecule has 10 aromatic rings. The van der Waals surface area contributed by atoms with Gasteiger partial charge in [0.2, 0.25) is 11.9 Å². The van der Waals surface area contributed by atoms with Crippen LogP contribution in [0.25, 0.3) is 66.9 Å². The van der Waals surface area contributed by atoms with Gasteiger partial charge in [-0.2, -0.15) is 15.0 Å². The summed E-state index contributed by atoms with van der Waals surface area (Å²) >= 11 is 0. The standard InChI is InChI=1S/C61H55N5/c1-58(2,3)43-33-35-53-48(39-43)49-40-44(59(4,5)6)34-36-54(49)66(53)57-63-55(62-56(64-57)65-51-31-19-16-27-45(51)46-28-17-20-32-52(46)65)47-29-15-18-30-50(47)61(41-23-11-8-12-24-41,42-25-13-9-14-26-42)60(7)37-21-10-22-38-60/h8-37,39-40H,38H2,1-7H3. The van der Waals surface area contributed by atoms with Crippen LogP contribution in [0.4, 0.5) is 0 Å². The molecule has 11 rings (SSSR count). The zero-order chi connectivity index (χ0) is 45.4. The Kier molecular flexibility index (Phi) is 9.63. The van der Waals surface area contributed by atoms with Crippen LogP contribution in [0, 0.1) is 5.41 Å². The van der Waals surface area contributed by atoms with Crippen LogP contribution in [0.15, 0.2) is 194 Å². The molecule has 0 saturated carbocycles. The predicted molar refractivity (Wildman–Crippen MR) is 275 cm³/mol. The highest BCUT2D eigenvalue weighted by Gasteiger charge is 2.51. The van der Waals surface area contributed by atoms with Gasteiger partial charge in [0.15, 0.2) is 5.82 Å². The molecule has 0 aliphatic heterocycles. The number of hydrogen-bond acceptors (Lipinski definition) is 3. The van der Waals surface area contributed by atoms with E-state index in [4.69, 9.17) is 15.0 Å². The number of allylic oxidation sites excluding steroid dienone is 4. The van der Waals surface area contributed by atoms with Crippen molar-refractivity contribution in [3.63, 3.8) is 0 Å². The minimum Gasteiger partial charge on any atom is -0.278 e. The molecule has 3 aromatic heterocycles. The summed E-state index contributed by atoms with van der Waals surface area (Å²) in [6, 6.07) is 61.9. The largest absolute Gasteiger partial charge is 0.278 e. The van der Waals surface area contributed by atoms with Crippen molar-refractivity contribution in [3.8, 4) is 23.3 Å². The predicted octanol–water partition coefficient (Wildman–Crippen LogP) is 15.2. The van der Waals surface area contributed by atoms with Gasteiger partial charge in [-0.05, 0) is 81.5 Å². The van der Waals surface area contributed by atoms with Crippen molar-refractivity contribution in [2.45, 2.75) is 71.1 Å². The lowest BCUT2D eigenvalue weighted by atomic mass is 9.52. The number of fused-ring (bicyclic) bond motifs is 6. The molecule has 0 amide bonds. The Balaban J connectivity index is 1.28. The van der Waals surface area contributed by atoms with E-state index in [0.717, 1.165) is 50.4 Å².